The molecule has 1 aliphatic rings. The second-order valence-electron chi connectivity index (χ2n) is 5.75. The molecule has 0 aromatic heterocycles. The van der Waals surface area contributed by atoms with Gasteiger partial charge in [-0.3, -0.25) is 9.59 Å². The van der Waals surface area contributed by atoms with Gasteiger partial charge in [-0.2, -0.15) is 0 Å². The number of carboxylic acid groups (broad SMARTS) is 1. The number of nitrogens with one attached hydrogen (secondary N) is 1. The van der Waals surface area contributed by atoms with E-state index >= 15 is 0 Å². The minimum Gasteiger partial charge on any atom is -0.496 e. The summed E-state index contributed by atoms with van der Waals surface area (Å²) >= 11 is 0. The quantitative estimate of drug-likeness (QED) is 0.758. The summed E-state index contributed by atoms with van der Waals surface area (Å²) in [5.41, 5.74) is 1.13. The number of ether oxygens (including phenoxy) is 1. The van der Waals surface area contributed by atoms with Gasteiger partial charge in [0.1, 0.15) is 5.75 Å². The number of aryl methyl sites for hydroxylation is 1. The van der Waals surface area contributed by atoms with Crippen LogP contribution in [-0.2, 0) is 16.0 Å². The fraction of sp³-hybridized carbons (Fsp3) is 0.529. The minimum absolute atomic E-state index is 0.0104. The molecule has 5 nitrogen and oxygen atoms in total. The second-order valence-corrected chi connectivity index (χ2v) is 5.75. The lowest BCUT2D eigenvalue weighted by Gasteiger charge is -2.11. The SMILES string of the molecule is COc1ccccc1CCCNC(=O)[C@H]1CC[C@@H](C(=O)O)C1. The topological polar surface area (TPSA) is 75.6 Å². The highest BCUT2D eigenvalue weighted by atomic mass is 16.5. The zero-order valence-electron chi connectivity index (χ0n) is 12.9. The molecule has 22 heavy (non-hydrogen) atoms. The number of carbonyl (C=O) groups is 2. The lowest BCUT2D eigenvalue weighted by Crippen LogP contribution is -2.30. The van der Waals surface area contributed by atoms with Crippen LogP contribution >= 0.6 is 0 Å². The van der Waals surface area contributed by atoms with Crippen LogP contribution in [0.1, 0.15) is 31.2 Å². The van der Waals surface area contributed by atoms with Gasteiger partial charge in [-0.05, 0) is 43.7 Å². The largest absolute Gasteiger partial charge is 0.496 e. The summed E-state index contributed by atoms with van der Waals surface area (Å²) in [6.45, 7) is 0.602. The van der Waals surface area contributed by atoms with Gasteiger partial charge in [-0.15, -0.1) is 0 Å². The van der Waals surface area contributed by atoms with Crippen LogP contribution in [0.25, 0.3) is 0 Å². The van der Waals surface area contributed by atoms with Gasteiger partial charge in [0.05, 0.1) is 13.0 Å². The molecule has 1 amide bonds. The Hall–Kier alpha value is -2.04. The first-order valence-corrected chi connectivity index (χ1v) is 7.74. The first-order chi connectivity index (χ1) is 10.6. The first kappa shape index (κ1) is 16.3. The lowest BCUT2D eigenvalue weighted by molar-refractivity contribution is -0.141. The van der Waals surface area contributed by atoms with Crippen molar-refractivity contribution in [1.82, 2.24) is 5.32 Å². The van der Waals surface area contributed by atoms with Crippen molar-refractivity contribution in [2.24, 2.45) is 11.8 Å². The number of benzene rings is 1. The number of amides is 1. The molecule has 1 aromatic rings. The molecule has 0 unspecified atom stereocenters. The summed E-state index contributed by atoms with van der Waals surface area (Å²) in [6, 6.07) is 7.86. The normalized spacial score (nSPS) is 20.6. The van der Waals surface area contributed by atoms with Gasteiger partial charge in [-0.1, -0.05) is 18.2 Å². The highest BCUT2D eigenvalue weighted by molar-refractivity contribution is 5.80. The maximum atomic E-state index is 12.0. The maximum Gasteiger partial charge on any atom is 0.306 e. The molecule has 5 heteroatoms. The van der Waals surface area contributed by atoms with Crippen LogP contribution in [0.2, 0.25) is 0 Å². The molecule has 2 atom stereocenters. The Balaban J connectivity index is 1.70. The van der Waals surface area contributed by atoms with E-state index in [1.165, 1.54) is 0 Å². The molecule has 1 saturated carbocycles. The average molecular weight is 305 g/mol. The van der Waals surface area contributed by atoms with Gasteiger partial charge in [0, 0.05) is 12.5 Å². The van der Waals surface area contributed by atoms with E-state index in [0.717, 1.165) is 24.2 Å². The Bertz CT molecular complexity index is 529. The van der Waals surface area contributed by atoms with Gasteiger partial charge in [0.25, 0.3) is 0 Å². The van der Waals surface area contributed by atoms with Gasteiger partial charge in [-0.25, -0.2) is 0 Å². The molecule has 0 bridgehead atoms. The third-order valence-electron chi connectivity index (χ3n) is 4.27. The van der Waals surface area contributed by atoms with Crippen molar-refractivity contribution in [2.75, 3.05) is 13.7 Å². The maximum absolute atomic E-state index is 12.0. The summed E-state index contributed by atoms with van der Waals surface area (Å²) in [5, 5.41) is 11.9. The summed E-state index contributed by atoms with van der Waals surface area (Å²) in [5.74, 6) is -0.430. The Morgan fingerprint density at radius 2 is 2.00 bits per heavy atom. The lowest BCUT2D eigenvalue weighted by atomic mass is 10.0. The van der Waals surface area contributed by atoms with Gasteiger partial charge < -0.3 is 15.2 Å². The molecule has 0 heterocycles. The van der Waals surface area contributed by atoms with Crippen LogP contribution < -0.4 is 10.1 Å². The van der Waals surface area contributed by atoms with E-state index in [9.17, 15) is 9.59 Å². The summed E-state index contributed by atoms with van der Waals surface area (Å²) in [6.07, 6.45) is 3.42. The zero-order chi connectivity index (χ0) is 15.9. The number of rotatable bonds is 7. The molecule has 120 valence electrons. The standard InChI is InChI=1S/C17H23NO4/c1-22-15-7-3-2-5-12(15)6-4-10-18-16(19)13-8-9-14(11-13)17(20)21/h2-3,5,7,13-14H,4,6,8-11H2,1H3,(H,18,19)(H,20,21)/t13-,14+/m0/s1. The Kier molecular flexibility index (Phi) is 5.81. The van der Waals surface area contributed by atoms with Crippen molar-refractivity contribution in [3.05, 3.63) is 29.8 Å². The van der Waals surface area contributed by atoms with E-state index in [4.69, 9.17) is 9.84 Å². The molecule has 0 aliphatic heterocycles. The zero-order valence-corrected chi connectivity index (χ0v) is 12.9. The third-order valence-corrected chi connectivity index (χ3v) is 4.27. The molecule has 1 aromatic carbocycles. The van der Waals surface area contributed by atoms with Crippen LogP contribution in [0.4, 0.5) is 0 Å². The molecule has 2 rings (SSSR count). The summed E-state index contributed by atoms with van der Waals surface area (Å²) < 4.78 is 5.30. The van der Waals surface area contributed by atoms with Gasteiger partial charge in [0.15, 0.2) is 0 Å². The number of para-hydroxylation sites is 1. The van der Waals surface area contributed by atoms with Crippen molar-refractivity contribution < 1.29 is 19.4 Å². The molecular weight excluding hydrogens is 282 g/mol. The van der Waals surface area contributed by atoms with Crippen LogP contribution in [0.5, 0.6) is 5.75 Å². The number of aliphatic carboxylic acids is 1. The number of carbonyl (C=O) groups excluding carboxylic acids is 1. The number of methoxy groups -OCH3 is 1. The van der Waals surface area contributed by atoms with E-state index in [0.29, 0.717) is 25.8 Å². The fourth-order valence-electron chi connectivity index (χ4n) is 2.99. The van der Waals surface area contributed by atoms with Crippen molar-refractivity contribution >= 4 is 11.9 Å². The van der Waals surface area contributed by atoms with Crippen molar-refractivity contribution in [2.45, 2.75) is 32.1 Å². The Morgan fingerprint density at radius 3 is 2.68 bits per heavy atom. The molecular formula is C17H23NO4. The monoisotopic (exact) mass is 305 g/mol. The molecule has 0 radical (unpaired) electrons. The predicted molar refractivity (Wildman–Crippen MR) is 82.8 cm³/mol. The Labute approximate surface area is 130 Å². The van der Waals surface area contributed by atoms with Crippen LogP contribution in [0.15, 0.2) is 24.3 Å². The predicted octanol–water partition coefficient (Wildman–Crippen LogP) is 2.24. The average Bonchev–Trinajstić information content (AvgIpc) is 3.02. The van der Waals surface area contributed by atoms with E-state index in [2.05, 4.69) is 5.32 Å². The molecule has 2 N–H and O–H groups in total. The summed E-state index contributed by atoms with van der Waals surface area (Å²) in [4.78, 5) is 22.9. The smallest absolute Gasteiger partial charge is 0.306 e. The van der Waals surface area contributed by atoms with E-state index in [1.807, 2.05) is 24.3 Å². The second kappa shape index (κ2) is 7.82. The van der Waals surface area contributed by atoms with Crippen molar-refractivity contribution in [1.29, 1.82) is 0 Å². The highest BCUT2D eigenvalue weighted by Crippen LogP contribution is 2.31. The number of carboxylic acids is 1. The van der Waals surface area contributed by atoms with Gasteiger partial charge in [0.2, 0.25) is 5.91 Å². The van der Waals surface area contributed by atoms with E-state index < -0.39 is 5.97 Å². The van der Waals surface area contributed by atoms with Crippen LogP contribution in [0.3, 0.4) is 0 Å². The minimum atomic E-state index is -0.786. The third kappa shape index (κ3) is 4.23. The molecule has 0 saturated heterocycles. The number of hydrogen-bond donors (Lipinski definition) is 2. The fourth-order valence-corrected chi connectivity index (χ4v) is 2.99. The summed E-state index contributed by atoms with van der Waals surface area (Å²) in [7, 11) is 1.65. The van der Waals surface area contributed by atoms with Crippen LogP contribution in [0, 0.1) is 11.8 Å². The van der Waals surface area contributed by atoms with E-state index in [1.54, 1.807) is 7.11 Å². The number of hydrogen-bond acceptors (Lipinski definition) is 3. The van der Waals surface area contributed by atoms with Crippen molar-refractivity contribution in [3.8, 4) is 5.75 Å². The van der Waals surface area contributed by atoms with Gasteiger partial charge >= 0.3 is 5.97 Å². The van der Waals surface area contributed by atoms with Crippen molar-refractivity contribution in [3.63, 3.8) is 0 Å². The van der Waals surface area contributed by atoms with Crippen LogP contribution in [-0.4, -0.2) is 30.6 Å². The molecule has 1 aliphatic carbocycles. The molecule has 1 fully saturated rings. The highest BCUT2D eigenvalue weighted by Gasteiger charge is 2.33. The van der Waals surface area contributed by atoms with E-state index in [-0.39, 0.29) is 17.7 Å². The molecule has 0 spiro atoms. The Morgan fingerprint density at radius 1 is 1.27 bits per heavy atom. The first-order valence-electron chi connectivity index (χ1n) is 7.74.